The van der Waals surface area contributed by atoms with E-state index in [4.69, 9.17) is 16.3 Å². The molecule has 2 aliphatic heterocycles. The van der Waals surface area contributed by atoms with Gasteiger partial charge in [0.05, 0.1) is 12.3 Å². The van der Waals surface area contributed by atoms with Crippen LogP contribution in [0.3, 0.4) is 0 Å². The normalized spacial score (nSPS) is 17.2. The van der Waals surface area contributed by atoms with E-state index in [0.29, 0.717) is 29.5 Å². The average Bonchev–Trinajstić information content (AvgIpc) is 2.90. The molecule has 0 unspecified atom stereocenters. The van der Waals surface area contributed by atoms with Gasteiger partial charge >= 0.3 is 6.03 Å². The molecule has 0 aromatic heterocycles. The van der Waals surface area contributed by atoms with Gasteiger partial charge in [-0.15, -0.1) is 0 Å². The van der Waals surface area contributed by atoms with Crippen LogP contribution >= 0.6 is 11.6 Å². The fraction of sp³-hybridized carbons (Fsp3) is 0.222. The maximum atomic E-state index is 15.0. The van der Waals surface area contributed by atoms with E-state index in [0.717, 1.165) is 11.1 Å². The molecule has 2 heterocycles. The number of morpholine rings is 1. The van der Waals surface area contributed by atoms with Gasteiger partial charge in [-0.1, -0.05) is 35.9 Å². The number of ether oxygens (including phenoxy) is 1. The lowest BCUT2D eigenvalue weighted by molar-refractivity contribution is -0.125. The van der Waals surface area contributed by atoms with E-state index in [1.165, 1.54) is 21.9 Å². The molecule has 0 saturated carbocycles. The highest BCUT2D eigenvalue weighted by Crippen LogP contribution is 2.27. The number of carbonyl (C=O) groups is 3. The first-order chi connectivity index (χ1) is 17.9. The Morgan fingerprint density at radius 2 is 1.76 bits per heavy atom. The number of nitrogens with one attached hydrogen (secondary N) is 2. The smallest absolute Gasteiger partial charge is 0.322 e. The summed E-state index contributed by atoms with van der Waals surface area (Å²) in [4.78, 5) is 41.6. The van der Waals surface area contributed by atoms with Crippen LogP contribution < -0.4 is 15.5 Å². The second-order valence-corrected chi connectivity index (χ2v) is 9.24. The Kier molecular flexibility index (Phi) is 7.07. The van der Waals surface area contributed by atoms with E-state index in [1.807, 2.05) is 24.3 Å². The van der Waals surface area contributed by atoms with Crippen LogP contribution in [0.25, 0.3) is 0 Å². The third-order valence-corrected chi connectivity index (χ3v) is 6.67. The van der Waals surface area contributed by atoms with E-state index in [-0.39, 0.29) is 31.2 Å². The number of halogens is 2. The van der Waals surface area contributed by atoms with Gasteiger partial charge in [-0.05, 0) is 53.6 Å². The lowest BCUT2D eigenvalue weighted by Gasteiger charge is -2.36. The summed E-state index contributed by atoms with van der Waals surface area (Å²) in [5.41, 5.74) is 2.76. The van der Waals surface area contributed by atoms with Crippen LogP contribution in [0.4, 0.5) is 26.2 Å². The van der Waals surface area contributed by atoms with Gasteiger partial charge in [0.2, 0.25) is 5.91 Å². The molecule has 0 bridgehead atoms. The SMILES string of the molecule is O=C(Nc1ccc(N2CCOCC2=O)cc1F)[C@H]1Cc2ccccc2CN1C(=O)Nc1ccc(Cl)cc1. The minimum absolute atomic E-state index is 0.0358. The van der Waals surface area contributed by atoms with E-state index in [2.05, 4.69) is 10.6 Å². The molecule has 5 rings (SSSR count). The molecule has 10 heteroatoms. The third kappa shape index (κ3) is 5.42. The molecule has 1 fully saturated rings. The summed E-state index contributed by atoms with van der Waals surface area (Å²) in [6.07, 6.45) is 0.276. The van der Waals surface area contributed by atoms with Crippen LogP contribution in [-0.2, 0) is 27.3 Å². The second-order valence-electron chi connectivity index (χ2n) is 8.80. The lowest BCUT2D eigenvalue weighted by Crippen LogP contribution is -2.52. The molecule has 2 aliphatic rings. The Morgan fingerprint density at radius 3 is 2.49 bits per heavy atom. The Bertz CT molecular complexity index is 1350. The fourth-order valence-corrected chi connectivity index (χ4v) is 4.61. The summed E-state index contributed by atoms with van der Waals surface area (Å²) in [6.45, 7) is 0.845. The number of nitrogens with zero attached hydrogens (tertiary/aromatic N) is 2. The van der Waals surface area contributed by atoms with Gasteiger partial charge in [0.15, 0.2) is 0 Å². The quantitative estimate of drug-likeness (QED) is 0.530. The number of rotatable bonds is 4. The molecule has 37 heavy (non-hydrogen) atoms. The predicted octanol–water partition coefficient (Wildman–Crippen LogP) is 4.44. The molecular weight excluding hydrogens is 499 g/mol. The van der Waals surface area contributed by atoms with Crippen molar-refractivity contribution in [2.45, 2.75) is 19.0 Å². The fourth-order valence-electron chi connectivity index (χ4n) is 4.48. The molecule has 190 valence electrons. The largest absolute Gasteiger partial charge is 0.370 e. The van der Waals surface area contributed by atoms with Crippen molar-refractivity contribution in [3.63, 3.8) is 0 Å². The number of hydrogen-bond acceptors (Lipinski definition) is 4. The Morgan fingerprint density at radius 1 is 1.00 bits per heavy atom. The number of hydrogen-bond donors (Lipinski definition) is 2. The zero-order chi connectivity index (χ0) is 25.9. The van der Waals surface area contributed by atoms with Crippen LogP contribution in [-0.4, -0.2) is 48.5 Å². The van der Waals surface area contributed by atoms with Crippen LogP contribution in [0.2, 0.25) is 5.02 Å². The Labute approximate surface area is 218 Å². The van der Waals surface area contributed by atoms with Crippen molar-refractivity contribution < 1.29 is 23.5 Å². The van der Waals surface area contributed by atoms with E-state index in [9.17, 15) is 18.8 Å². The zero-order valence-corrected chi connectivity index (χ0v) is 20.5. The topological polar surface area (TPSA) is 91.0 Å². The predicted molar refractivity (Wildman–Crippen MR) is 138 cm³/mol. The van der Waals surface area contributed by atoms with Crippen molar-refractivity contribution in [2.24, 2.45) is 0 Å². The van der Waals surface area contributed by atoms with Gasteiger partial charge in [0.25, 0.3) is 5.91 Å². The second kappa shape index (κ2) is 10.6. The van der Waals surface area contributed by atoms with E-state index in [1.54, 1.807) is 30.3 Å². The monoisotopic (exact) mass is 522 g/mol. The van der Waals surface area contributed by atoms with Crippen molar-refractivity contribution in [1.82, 2.24) is 4.90 Å². The number of benzene rings is 3. The highest BCUT2D eigenvalue weighted by Gasteiger charge is 2.35. The average molecular weight is 523 g/mol. The Balaban J connectivity index is 1.36. The van der Waals surface area contributed by atoms with Crippen molar-refractivity contribution >= 4 is 46.5 Å². The van der Waals surface area contributed by atoms with E-state index >= 15 is 0 Å². The van der Waals surface area contributed by atoms with Crippen LogP contribution in [0.15, 0.2) is 66.7 Å². The highest BCUT2D eigenvalue weighted by molar-refractivity contribution is 6.30. The maximum Gasteiger partial charge on any atom is 0.322 e. The molecule has 3 aromatic rings. The molecule has 0 aliphatic carbocycles. The zero-order valence-electron chi connectivity index (χ0n) is 19.7. The van der Waals surface area contributed by atoms with Crippen molar-refractivity contribution in [2.75, 3.05) is 35.3 Å². The highest BCUT2D eigenvalue weighted by atomic mass is 35.5. The molecule has 0 spiro atoms. The molecule has 4 amide bonds. The first kappa shape index (κ1) is 24.7. The standard InChI is InChI=1S/C27H24ClFN4O4/c28-19-5-7-20(8-6-19)30-27(36)33-15-18-4-2-1-3-17(18)13-24(33)26(35)31-23-10-9-21(14-22(23)29)32-11-12-37-16-25(32)34/h1-10,14,24H,11-13,15-16H2,(H,30,36)(H,31,35)/t24-/m1/s1. The first-order valence-electron chi connectivity index (χ1n) is 11.8. The molecule has 8 nitrogen and oxygen atoms in total. The number of amides is 4. The minimum Gasteiger partial charge on any atom is -0.370 e. The third-order valence-electron chi connectivity index (χ3n) is 6.42. The molecule has 1 atom stereocenters. The molecule has 0 radical (unpaired) electrons. The number of urea groups is 1. The molecule has 2 N–H and O–H groups in total. The molecule has 1 saturated heterocycles. The van der Waals surface area contributed by atoms with Crippen molar-refractivity contribution in [1.29, 1.82) is 0 Å². The summed E-state index contributed by atoms with van der Waals surface area (Å²) >= 11 is 5.94. The van der Waals surface area contributed by atoms with Gasteiger partial charge in [0.1, 0.15) is 18.5 Å². The van der Waals surface area contributed by atoms with Gasteiger partial charge in [-0.3, -0.25) is 9.59 Å². The summed E-state index contributed by atoms with van der Waals surface area (Å²) in [6, 6.07) is 17.1. The number of fused-ring (bicyclic) bond motifs is 1. The Hall–Kier alpha value is -3.95. The van der Waals surface area contributed by atoms with Crippen LogP contribution in [0.5, 0.6) is 0 Å². The van der Waals surface area contributed by atoms with Gasteiger partial charge in [0, 0.05) is 35.9 Å². The van der Waals surface area contributed by atoms with Crippen molar-refractivity contribution in [3.8, 4) is 0 Å². The summed E-state index contributed by atoms with van der Waals surface area (Å²) in [7, 11) is 0. The number of anilines is 3. The van der Waals surface area contributed by atoms with Gasteiger partial charge in [-0.25, -0.2) is 9.18 Å². The molecule has 3 aromatic carbocycles. The lowest BCUT2D eigenvalue weighted by atomic mass is 9.93. The summed E-state index contributed by atoms with van der Waals surface area (Å²) < 4.78 is 20.1. The van der Waals surface area contributed by atoms with Crippen molar-refractivity contribution in [3.05, 3.63) is 88.7 Å². The van der Waals surface area contributed by atoms with E-state index < -0.39 is 23.8 Å². The maximum absolute atomic E-state index is 15.0. The summed E-state index contributed by atoms with van der Waals surface area (Å²) in [5.74, 6) is -1.46. The minimum atomic E-state index is -0.873. The first-order valence-corrected chi connectivity index (χ1v) is 12.2. The van der Waals surface area contributed by atoms with Gasteiger partial charge in [-0.2, -0.15) is 0 Å². The molecular formula is C27H24ClFN4O4. The number of carbonyl (C=O) groups excluding carboxylic acids is 3. The van der Waals surface area contributed by atoms with Crippen LogP contribution in [0.1, 0.15) is 11.1 Å². The summed E-state index contributed by atoms with van der Waals surface area (Å²) in [5, 5.41) is 5.97. The van der Waals surface area contributed by atoms with Crippen LogP contribution in [0, 0.1) is 5.82 Å². The van der Waals surface area contributed by atoms with Gasteiger partial charge < -0.3 is 25.2 Å².